The molecule has 8 aromatic rings. The smallest absolute Gasteiger partial charge is 0.227 e. The largest absolute Gasteiger partial charge is 0.436 e. The van der Waals surface area contributed by atoms with E-state index >= 15 is 0 Å². The molecule has 0 radical (unpaired) electrons. The molecule has 0 saturated heterocycles. The summed E-state index contributed by atoms with van der Waals surface area (Å²) in [6.45, 7) is 0. The molecule has 4 aromatic heterocycles. The summed E-state index contributed by atoms with van der Waals surface area (Å²) in [4.78, 5) is 10.7. The highest BCUT2D eigenvalue weighted by Gasteiger charge is 2.17. The number of aromatic nitrogens is 3. The van der Waals surface area contributed by atoms with E-state index in [1.165, 1.54) is 15.6 Å². The standard InChI is InChI=1S/C34H21N3OS/c1-2-13-29-25(10-1)26-17-16-23(34-36-33-27(32-15-7-19-39-32)11-6-14-31(33)38-34)21-30(26)37(29)24-9-5-8-22(20-24)28-12-3-4-18-35-28/h1-21H. The van der Waals surface area contributed by atoms with Gasteiger partial charge in [-0.25, -0.2) is 4.98 Å². The lowest BCUT2D eigenvalue weighted by molar-refractivity contribution is 0.620. The van der Waals surface area contributed by atoms with Crippen molar-refractivity contribution >= 4 is 44.2 Å². The maximum Gasteiger partial charge on any atom is 0.227 e. The molecule has 0 aliphatic rings. The number of para-hydroxylation sites is 2. The molecule has 4 heterocycles. The zero-order valence-corrected chi connectivity index (χ0v) is 21.6. The Morgan fingerprint density at radius 2 is 1.56 bits per heavy atom. The lowest BCUT2D eigenvalue weighted by atomic mass is 10.1. The van der Waals surface area contributed by atoms with Gasteiger partial charge in [-0.1, -0.05) is 60.7 Å². The average Bonchev–Trinajstić information content (AvgIpc) is 3.75. The summed E-state index contributed by atoms with van der Waals surface area (Å²) in [5, 5.41) is 4.48. The van der Waals surface area contributed by atoms with Gasteiger partial charge in [0.2, 0.25) is 5.89 Å². The summed E-state index contributed by atoms with van der Waals surface area (Å²) in [6, 6.07) is 39.9. The van der Waals surface area contributed by atoms with Crippen LogP contribution in [0.2, 0.25) is 0 Å². The molecule has 39 heavy (non-hydrogen) atoms. The predicted octanol–water partition coefficient (Wildman–Crippen LogP) is 9.38. The third-order valence-corrected chi connectivity index (χ3v) is 8.09. The Morgan fingerprint density at radius 1 is 0.667 bits per heavy atom. The fourth-order valence-corrected chi connectivity index (χ4v) is 6.17. The lowest BCUT2D eigenvalue weighted by Gasteiger charge is -2.10. The van der Waals surface area contributed by atoms with Crippen molar-refractivity contribution in [2.24, 2.45) is 0 Å². The van der Waals surface area contributed by atoms with E-state index in [9.17, 15) is 0 Å². The minimum atomic E-state index is 0.620. The number of hydrogen-bond donors (Lipinski definition) is 0. The Labute approximate surface area is 228 Å². The van der Waals surface area contributed by atoms with Crippen LogP contribution in [0.1, 0.15) is 0 Å². The Balaban J connectivity index is 1.34. The van der Waals surface area contributed by atoms with Gasteiger partial charge in [-0.3, -0.25) is 4.98 Å². The molecule has 0 fully saturated rings. The Bertz CT molecular complexity index is 2120. The molecule has 8 rings (SSSR count). The zero-order valence-electron chi connectivity index (χ0n) is 20.8. The van der Waals surface area contributed by atoms with Gasteiger partial charge in [0.1, 0.15) is 5.52 Å². The second-order valence-corrected chi connectivity index (χ2v) is 10.4. The molecule has 4 nitrogen and oxygen atoms in total. The van der Waals surface area contributed by atoms with Crippen LogP contribution in [0, 0.1) is 0 Å². The number of oxazole rings is 1. The summed E-state index contributed by atoms with van der Waals surface area (Å²) >= 11 is 1.71. The summed E-state index contributed by atoms with van der Waals surface area (Å²) < 4.78 is 8.63. The van der Waals surface area contributed by atoms with Crippen molar-refractivity contribution in [3.63, 3.8) is 0 Å². The summed E-state index contributed by atoms with van der Waals surface area (Å²) in [5.74, 6) is 0.620. The second kappa shape index (κ2) is 8.79. The van der Waals surface area contributed by atoms with Gasteiger partial charge in [-0.2, -0.15) is 0 Å². The summed E-state index contributed by atoms with van der Waals surface area (Å²) in [5.41, 5.74) is 9.09. The Morgan fingerprint density at radius 3 is 2.46 bits per heavy atom. The predicted molar refractivity (Wildman–Crippen MR) is 160 cm³/mol. The van der Waals surface area contributed by atoms with E-state index < -0.39 is 0 Å². The molecule has 0 unspecified atom stereocenters. The minimum Gasteiger partial charge on any atom is -0.436 e. The lowest BCUT2D eigenvalue weighted by Crippen LogP contribution is -1.95. The van der Waals surface area contributed by atoms with Crippen LogP contribution >= 0.6 is 11.3 Å². The molecule has 0 spiro atoms. The molecule has 0 N–H and O–H groups in total. The molecule has 0 atom stereocenters. The first kappa shape index (κ1) is 22.0. The van der Waals surface area contributed by atoms with Crippen molar-refractivity contribution in [2.45, 2.75) is 0 Å². The quantitative estimate of drug-likeness (QED) is 0.233. The van der Waals surface area contributed by atoms with E-state index in [-0.39, 0.29) is 0 Å². The van der Waals surface area contributed by atoms with Gasteiger partial charge in [0.05, 0.1) is 16.7 Å². The fraction of sp³-hybridized carbons (Fsp3) is 0. The highest BCUT2D eigenvalue weighted by atomic mass is 32.1. The van der Waals surface area contributed by atoms with Crippen molar-refractivity contribution in [1.29, 1.82) is 0 Å². The highest BCUT2D eigenvalue weighted by molar-refractivity contribution is 7.13. The van der Waals surface area contributed by atoms with Crippen LogP contribution in [0.25, 0.3) is 71.7 Å². The van der Waals surface area contributed by atoms with Crippen molar-refractivity contribution < 1.29 is 4.42 Å². The van der Waals surface area contributed by atoms with E-state index in [1.807, 2.05) is 36.5 Å². The first-order valence-corrected chi connectivity index (χ1v) is 13.7. The Hall–Kier alpha value is -5.00. The molecule has 5 heteroatoms. The van der Waals surface area contributed by atoms with Gasteiger partial charge in [0, 0.05) is 44.2 Å². The molecule has 0 aliphatic heterocycles. The molecule has 184 valence electrons. The van der Waals surface area contributed by atoms with Crippen molar-refractivity contribution in [3.8, 4) is 38.8 Å². The van der Waals surface area contributed by atoms with Crippen molar-refractivity contribution in [2.75, 3.05) is 0 Å². The second-order valence-electron chi connectivity index (χ2n) is 9.50. The molecule has 4 aromatic carbocycles. The van der Waals surface area contributed by atoms with Gasteiger partial charge in [-0.05, 0) is 60.0 Å². The van der Waals surface area contributed by atoms with Crippen LogP contribution < -0.4 is 0 Å². The van der Waals surface area contributed by atoms with E-state index in [4.69, 9.17) is 9.40 Å². The molecular formula is C34H21N3OS. The monoisotopic (exact) mass is 519 g/mol. The van der Waals surface area contributed by atoms with Crippen molar-refractivity contribution in [3.05, 3.63) is 127 Å². The van der Waals surface area contributed by atoms with Gasteiger partial charge in [0.25, 0.3) is 0 Å². The third-order valence-electron chi connectivity index (χ3n) is 7.19. The average molecular weight is 520 g/mol. The van der Waals surface area contributed by atoms with Crippen LogP contribution in [0.4, 0.5) is 0 Å². The van der Waals surface area contributed by atoms with Gasteiger partial charge >= 0.3 is 0 Å². The SMILES string of the molecule is c1ccc(-c2cccc(-n3c4ccccc4c4ccc(-c5nc6c(-c7cccs7)cccc6o5)cc43)c2)nc1. The molecule has 0 bridgehead atoms. The zero-order chi connectivity index (χ0) is 25.8. The maximum absolute atomic E-state index is 6.31. The van der Waals surface area contributed by atoms with Gasteiger partial charge in [0.15, 0.2) is 5.58 Å². The van der Waals surface area contributed by atoms with Gasteiger partial charge in [-0.15, -0.1) is 11.3 Å². The first-order chi connectivity index (χ1) is 19.3. The van der Waals surface area contributed by atoms with Crippen LogP contribution in [0.5, 0.6) is 0 Å². The molecule has 0 saturated carbocycles. The summed E-state index contributed by atoms with van der Waals surface area (Å²) in [7, 11) is 0. The number of benzene rings is 4. The maximum atomic E-state index is 6.31. The number of fused-ring (bicyclic) bond motifs is 4. The third kappa shape index (κ3) is 3.59. The number of thiophene rings is 1. The van der Waals surface area contributed by atoms with Crippen LogP contribution in [-0.4, -0.2) is 14.5 Å². The highest BCUT2D eigenvalue weighted by Crippen LogP contribution is 2.37. The van der Waals surface area contributed by atoms with Crippen LogP contribution in [0.15, 0.2) is 131 Å². The number of hydrogen-bond acceptors (Lipinski definition) is 4. The van der Waals surface area contributed by atoms with E-state index in [1.54, 1.807) is 11.3 Å². The molecular weight excluding hydrogens is 498 g/mol. The number of nitrogens with zero attached hydrogens (tertiary/aromatic N) is 3. The number of rotatable bonds is 4. The van der Waals surface area contributed by atoms with Crippen molar-refractivity contribution in [1.82, 2.24) is 14.5 Å². The van der Waals surface area contributed by atoms with Crippen LogP contribution in [-0.2, 0) is 0 Å². The topological polar surface area (TPSA) is 43.9 Å². The minimum absolute atomic E-state index is 0.620. The summed E-state index contributed by atoms with van der Waals surface area (Å²) in [6.07, 6.45) is 1.83. The fourth-order valence-electron chi connectivity index (χ4n) is 5.42. The van der Waals surface area contributed by atoms with E-state index in [2.05, 4.69) is 99.9 Å². The molecule has 0 amide bonds. The normalized spacial score (nSPS) is 11.6. The number of pyridine rings is 1. The van der Waals surface area contributed by atoms with E-state index in [0.717, 1.165) is 50.2 Å². The van der Waals surface area contributed by atoms with E-state index in [0.29, 0.717) is 5.89 Å². The molecule has 0 aliphatic carbocycles. The van der Waals surface area contributed by atoms with Gasteiger partial charge < -0.3 is 8.98 Å². The first-order valence-electron chi connectivity index (χ1n) is 12.8. The van der Waals surface area contributed by atoms with Crippen LogP contribution in [0.3, 0.4) is 0 Å². The Kier molecular flexibility index (Phi) is 4.96.